The van der Waals surface area contributed by atoms with Crippen LogP contribution in [0.5, 0.6) is 0 Å². The smallest absolute Gasteiger partial charge is 0.252 e. The molecule has 4 heteroatoms. The lowest BCUT2D eigenvalue weighted by Crippen LogP contribution is -2.62. The summed E-state index contributed by atoms with van der Waals surface area (Å²) >= 11 is 0. The average Bonchev–Trinajstić information content (AvgIpc) is 2.42. The molecule has 1 fully saturated rings. The lowest BCUT2D eigenvalue weighted by molar-refractivity contribution is -0.150. The van der Waals surface area contributed by atoms with Crippen LogP contribution < -0.4 is 4.90 Å². The Balaban J connectivity index is 2.35. The Hall–Kier alpha value is -1.84. The highest BCUT2D eigenvalue weighted by Gasteiger charge is 2.40. The van der Waals surface area contributed by atoms with Crippen LogP contribution in [-0.4, -0.2) is 35.3 Å². The Morgan fingerprint density at radius 3 is 2.24 bits per heavy atom. The first kappa shape index (κ1) is 15.5. The van der Waals surface area contributed by atoms with Crippen LogP contribution in [0.25, 0.3) is 0 Å². The Morgan fingerprint density at radius 2 is 1.71 bits per heavy atom. The van der Waals surface area contributed by atoms with Crippen LogP contribution >= 0.6 is 0 Å². The van der Waals surface area contributed by atoms with E-state index in [0.717, 1.165) is 12.1 Å². The van der Waals surface area contributed by atoms with Gasteiger partial charge < -0.3 is 4.90 Å². The van der Waals surface area contributed by atoms with Crippen molar-refractivity contribution in [2.45, 2.75) is 46.2 Å². The lowest BCUT2D eigenvalue weighted by atomic mass is 9.97. The number of carbonyl (C=O) groups excluding carboxylic acids is 2. The highest BCUT2D eigenvalue weighted by atomic mass is 16.2. The van der Waals surface area contributed by atoms with E-state index < -0.39 is 0 Å². The van der Waals surface area contributed by atoms with Crippen molar-refractivity contribution < 1.29 is 9.59 Å². The highest BCUT2D eigenvalue weighted by molar-refractivity contribution is 6.04. The minimum atomic E-state index is -0.257. The molecule has 114 valence electrons. The summed E-state index contributed by atoms with van der Waals surface area (Å²) < 4.78 is 0. The number of para-hydroxylation sites is 1. The van der Waals surface area contributed by atoms with Crippen molar-refractivity contribution in [2.24, 2.45) is 5.92 Å². The third kappa shape index (κ3) is 3.26. The normalized spacial score (nSPS) is 19.8. The first-order valence-corrected chi connectivity index (χ1v) is 7.59. The van der Waals surface area contributed by atoms with E-state index in [2.05, 4.69) is 13.8 Å². The number of rotatable bonds is 4. The fraction of sp³-hybridized carbons (Fsp3) is 0.529. The average molecular weight is 288 g/mol. The Morgan fingerprint density at radius 1 is 1.10 bits per heavy atom. The summed E-state index contributed by atoms with van der Waals surface area (Å²) in [6.07, 6.45) is 0.754. The zero-order chi connectivity index (χ0) is 15.6. The van der Waals surface area contributed by atoms with Crippen LogP contribution in [0.3, 0.4) is 0 Å². The third-order valence-electron chi connectivity index (χ3n) is 3.77. The fourth-order valence-corrected chi connectivity index (χ4v) is 2.86. The number of amides is 2. The SMILES string of the molecule is CC(C)CC1C(=O)N(C(C)C)C(=O)CN1c1ccccc1. The molecule has 0 radical (unpaired) electrons. The molecule has 1 aliphatic heterocycles. The van der Waals surface area contributed by atoms with Crippen LogP contribution in [0.4, 0.5) is 5.69 Å². The second kappa shape index (κ2) is 6.29. The largest absolute Gasteiger partial charge is 0.350 e. The Labute approximate surface area is 126 Å². The van der Waals surface area contributed by atoms with Gasteiger partial charge in [-0.1, -0.05) is 32.0 Å². The van der Waals surface area contributed by atoms with E-state index in [-0.39, 0.29) is 30.4 Å². The van der Waals surface area contributed by atoms with Crippen LogP contribution in [0.15, 0.2) is 30.3 Å². The van der Waals surface area contributed by atoms with Gasteiger partial charge in [0.25, 0.3) is 5.91 Å². The van der Waals surface area contributed by atoms with Gasteiger partial charge in [0.1, 0.15) is 6.04 Å². The highest BCUT2D eigenvalue weighted by Crippen LogP contribution is 2.26. The van der Waals surface area contributed by atoms with Crippen molar-refractivity contribution in [2.75, 3.05) is 11.4 Å². The van der Waals surface area contributed by atoms with Gasteiger partial charge in [-0.3, -0.25) is 14.5 Å². The molecule has 4 nitrogen and oxygen atoms in total. The van der Waals surface area contributed by atoms with E-state index in [1.54, 1.807) is 0 Å². The Kier molecular flexibility index (Phi) is 4.66. The summed E-state index contributed by atoms with van der Waals surface area (Å²) in [5, 5.41) is 0. The second-order valence-electron chi connectivity index (χ2n) is 6.30. The van der Waals surface area contributed by atoms with Gasteiger partial charge in [0, 0.05) is 11.7 Å². The van der Waals surface area contributed by atoms with Crippen molar-refractivity contribution in [1.82, 2.24) is 4.90 Å². The summed E-state index contributed by atoms with van der Waals surface area (Å²) in [6.45, 7) is 8.26. The zero-order valence-electron chi connectivity index (χ0n) is 13.2. The fourth-order valence-electron chi connectivity index (χ4n) is 2.86. The number of nitrogens with zero attached hydrogens (tertiary/aromatic N) is 2. The van der Waals surface area contributed by atoms with E-state index in [1.165, 1.54) is 4.90 Å². The van der Waals surface area contributed by atoms with E-state index in [0.29, 0.717) is 5.92 Å². The molecule has 2 rings (SSSR count). The van der Waals surface area contributed by atoms with Gasteiger partial charge in [-0.2, -0.15) is 0 Å². The van der Waals surface area contributed by atoms with E-state index in [9.17, 15) is 9.59 Å². The standard InChI is InChI=1S/C17H24N2O2/c1-12(2)10-15-17(21)19(13(3)4)16(20)11-18(15)14-8-6-5-7-9-14/h5-9,12-13,15H,10-11H2,1-4H3. The number of piperazine rings is 1. The quantitative estimate of drug-likeness (QED) is 0.800. The molecule has 0 N–H and O–H groups in total. The van der Waals surface area contributed by atoms with Gasteiger partial charge in [-0.15, -0.1) is 0 Å². The van der Waals surface area contributed by atoms with Crippen molar-refractivity contribution in [1.29, 1.82) is 0 Å². The van der Waals surface area contributed by atoms with Crippen molar-refractivity contribution in [3.05, 3.63) is 30.3 Å². The maximum absolute atomic E-state index is 12.8. The molecule has 1 heterocycles. The molecule has 0 aliphatic carbocycles. The molecule has 1 aromatic rings. The first-order valence-electron chi connectivity index (χ1n) is 7.59. The van der Waals surface area contributed by atoms with Crippen molar-refractivity contribution >= 4 is 17.5 Å². The van der Waals surface area contributed by atoms with Crippen molar-refractivity contribution in [3.63, 3.8) is 0 Å². The number of anilines is 1. The maximum Gasteiger partial charge on any atom is 0.252 e. The summed E-state index contributed by atoms with van der Waals surface area (Å²) in [4.78, 5) is 28.5. The first-order chi connectivity index (χ1) is 9.91. The minimum absolute atomic E-state index is 0.0706. The van der Waals surface area contributed by atoms with Crippen LogP contribution in [0, 0.1) is 5.92 Å². The predicted molar refractivity (Wildman–Crippen MR) is 84.0 cm³/mol. The van der Waals surface area contributed by atoms with Crippen molar-refractivity contribution in [3.8, 4) is 0 Å². The lowest BCUT2D eigenvalue weighted by Gasteiger charge is -2.42. The second-order valence-corrected chi connectivity index (χ2v) is 6.30. The molecular weight excluding hydrogens is 264 g/mol. The predicted octanol–water partition coefficient (Wildman–Crippen LogP) is 2.68. The molecule has 0 spiro atoms. The maximum atomic E-state index is 12.8. The zero-order valence-corrected chi connectivity index (χ0v) is 13.2. The molecule has 0 aromatic heterocycles. The number of carbonyl (C=O) groups is 2. The van der Waals surface area contributed by atoms with Crippen LogP contribution in [0.2, 0.25) is 0 Å². The topological polar surface area (TPSA) is 40.6 Å². The minimum Gasteiger partial charge on any atom is -0.350 e. The van der Waals surface area contributed by atoms with Crippen LogP contribution in [0.1, 0.15) is 34.1 Å². The van der Waals surface area contributed by atoms with E-state index in [1.807, 2.05) is 49.1 Å². The molecular formula is C17H24N2O2. The van der Waals surface area contributed by atoms with Gasteiger partial charge in [0.05, 0.1) is 6.54 Å². The van der Waals surface area contributed by atoms with Gasteiger partial charge >= 0.3 is 0 Å². The summed E-state index contributed by atoms with van der Waals surface area (Å²) in [5.41, 5.74) is 0.938. The molecule has 1 atom stereocenters. The monoisotopic (exact) mass is 288 g/mol. The molecule has 1 aromatic carbocycles. The molecule has 0 bridgehead atoms. The third-order valence-corrected chi connectivity index (χ3v) is 3.77. The number of imide groups is 1. The summed E-state index contributed by atoms with van der Waals surface area (Å²) in [7, 11) is 0. The van der Waals surface area contributed by atoms with Gasteiger partial charge in [-0.05, 0) is 38.3 Å². The molecule has 21 heavy (non-hydrogen) atoms. The van der Waals surface area contributed by atoms with Crippen LogP contribution in [-0.2, 0) is 9.59 Å². The van der Waals surface area contributed by atoms with E-state index in [4.69, 9.17) is 0 Å². The summed E-state index contributed by atoms with van der Waals surface area (Å²) in [6, 6.07) is 9.38. The van der Waals surface area contributed by atoms with E-state index >= 15 is 0 Å². The number of hydrogen-bond acceptors (Lipinski definition) is 3. The molecule has 0 saturated carbocycles. The molecule has 2 amide bonds. The van der Waals surface area contributed by atoms with Gasteiger partial charge in [-0.25, -0.2) is 0 Å². The number of hydrogen-bond donors (Lipinski definition) is 0. The molecule has 1 saturated heterocycles. The molecule has 1 aliphatic rings. The number of benzene rings is 1. The Bertz CT molecular complexity index is 511. The van der Waals surface area contributed by atoms with Gasteiger partial charge in [0.2, 0.25) is 5.91 Å². The summed E-state index contributed by atoms with van der Waals surface area (Å²) in [5.74, 6) is 0.213. The molecule has 1 unspecified atom stereocenters. The van der Waals surface area contributed by atoms with Gasteiger partial charge in [0.15, 0.2) is 0 Å².